The Bertz CT molecular complexity index is 345. The van der Waals surface area contributed by atoms with Gasteiger partial charge in [0.25, 0.3) is 0 Å². The fourth-order valence-electron chi connectivity index (χ4n) is 1.49. The number of carboxylic acids is 1. The molecule has 8 nitrogen and oxygen atoms in total. The third-order valence-corrected chi connectivity index (χ3v) is 2.84. The molecular weight excluding hydrogens is 254 g/mol. The molecule has 0 aliphatic rings. The van der Waals surface area contributed by atoms with E-state index in [0.29, 0.717) is 6.42 Å². The lowest BCUT2D eigenvalue weighted by Gasteiger charge is -2.25. The third kappa shape index (κ3) is 5.56. The second-order valence-electron chi connectivity index (χ2n) is 4.44. The fourth-order valence-corrected chi connectivity index (χ4v) is 1.49. The van der Waals surface area contributed by atoms with Crippen LogP contribution in [-0.4, -0.2) is 46.3 Å². The zero-order chi connectivity index (χ0) is 15.2. The molecule has 6 N–H and O–H groups in total. The van der Waals surface area contributed by atoms with Crippen LogP contribution in [0.4, 0.5) is 4.79 Å². The highest BCUT2D eigenvalue weighted by atomic mass is 16.4. The number of aliphatic hydroxyl groups excluding tert-OH is 1. The molecule has 0 spiro atoms. The van der Waals surface area contributed by atoms with Gasteiger partial charge in [-0.2, -0.15) is 0 Å². The molecule has 0 saturated carbocycles. The molecule has 3 amide bonds. The number of urea groups is 1. The van der Waals surface area contributed by atoms with Crippen molar-refractivity contribution < 1.29 is 24.6 Å². The van der Waals surface area contributed by atoms with E-state index < -0.39 is 36.1 Å². The number of aliphatic hydroxyl groups is 1. The summed E-state index contributed by atoms with van der Waals surface area (Å²) in [4.78, 5) is 33.7. The number of rotatable bonds is 7. The van der Waals surface area contributed by atoms with E-state index in [9.17, 15) is 19.5 Å². The van der Waals surface area contributed by atoms with E-state index in [0.717, 1.165) is 0 Å². The van der Waals surface area contributed by atoms with Gasteiger partial charge in [-0.05, 0) is 12.8 Å². The van der Waals surface area contributed by atoms with E-state index >= 15 is 0 Å². The highest BCUT2D eigenvalue weighted by Gasteiger charge is 2.31. The van der Waals surface area contributed by atoms with Crippen LogP contribution in [0.5, 0.6) is 0 Å². The Morgan fingerprint density at radius 3 is 2.00 bits per heavy atom. The number of carboxylic acid groups (broad SMARTS) is 1. The molecule has 0 aromatic rings. The zero-order valence-electron chi connectivity index (χ0n) is 11.2. The van der Waals surface area contributed by atoms with Crippen molar-refractivity contribution in [3.05, 3.63) is 0 Å². The van der Waals surface area contributed by atoms with Crippen LogP contribution in [0.3, 0.4) is 0 Å². The first-order chi connectivity index (χ1) is 8.70. The number of nitrogens with two attached hydrogens (primary N) is 1. The molecular formula is C11H21N3O5. The summed E-state index contributed by atoms with van der Waals surface area (Å²) >= 11 is 0. The first kappa shape index (κ1) is 17.2. The summed E-state index contributed by atoms with van der Waals surface area (Å²) in [6.07, 6.45) is -0.669. The van der Waals surface area contributed by atoms with Crippen LogP contribution in [0, 0.1) is 5.92 Å². The van der Waals surface area contributed by atoms with Crippen molar-refractivity contribution in [2.24, 2.45) is 11.7 Å². The molecule has 110 valence electrons. The molecule has 4 unspecified atom stereocenters. The lowest BCUT2D eigenvalue weighted by molar-refractivity contribution is -0.145. The largest absolute Gasteiger partial charge is 0.480 e. The van der Waals surface area contributed by atoms with Crippen LogP contribution in [0.15, 0.2) is 0 Å². The molecule has 8 heteroatoms. The van der Waals surface area contributed by atoms with Crippen molar-refractivity contribution in [1.29, 1.82) is 0 Å². The lowest BCUT2D eigenvalue weighted by atomic mass is 9.98. The molecule has 0 saturated heterocycles. The number of primary amides is 1. The summed E-state index contributed by atoms with van der Waals surface area (Å²) in [6.45, 7) is 4.79. The topological polar surface area (TPSA) is 142 Å². The molecule has 0 aromatic carbocycles. The summed E-state index contributed by atoms with van der Waals surface area (Å²) in [5.41, 5.74) is 4.98. The second-order valence-corrected chi connectivity index (χ2v) is 4.44. The molecule has 19 heavy (non-hydrogen) atoms. The van der Waals surface area contributed by atoms with Gasteiger partial charge in [0, 0.05) is 0 Å². The van der Waals surface area contributed by atoms with E-state index in [1.807, 2.05) is 6.92 Å². The highest BCUT2D eigenvalue weighted by molar-refractivity contribution is 5.90. The molecule has 0 rings (SSSR count). The summed E-state index contributed by atoms with van der Waals surface area (Å²) < 4.78 is 0. The van der Waals surface area contributed by atoms with Crippen molar-refractivity contribution in [2.75, 3.05) is 0 Å². The second kappa shape index (κ2) is 7.57. The fraction of sp³-hybridized carbons (Fsp3) is 0.727. The highest BCUT2D eigenvalue weighted by Crippen LogP contribution is 2.08. The Balaban J connectivity index is 4.89. The molecule has 0 aliphatic carbocycles. The van der Waals surface area contributed by atoms with Gasteiger partial charge in [-0.15, -0.1) is 0 Å². The number of carbonyl (C=O) groups is 3. The SMILES string of the molecule is CCC(C)C(NC(N)=O)C(=O)NC(C(=O)O)C(C)O. The van der Waals surface area contributed by atoms with Crippen molar-refractivity contribution >= 4 is 17.9 Å². The van der Waals surface area contributed by atoms with Crippen LogP contribution < -0.4 is 16.4 Å². The standard InChI is InChI=1S/C11H21N3O5/c1-4-5(2)7(14-11(12)19)9(16)13-8(6(3)15)10(17)18/h5-8,15H,4H2,1-3H3,(H,13,16)(H,17,18)(H3,12,14,19). The maximum absolute atomic E-state index is 11.9. The van der Waals surface area contributed by atoms with Gasteiger partial charge in [-0.3, -0.25) is 4.79 Å². The molecule has 0 aliphatic heterocycles. The van der Waals surface area contributed by atoms with Crippen LogP contribution in [-0.2, 0) is 9.59 Å². The van der Waals surface area contributed by atoms with Crippen LogP contribution in [0.1, 0.15) is 27.2 Å². The maximum atomic E-state index is 11.9. The Kier molecular flexibility index (Phi) is 6.84. The van der Waals surface area contributed by atoms with Crippen molar-refractivity contribution in [2.45, 2.75) is 45.4 Å². The van der Waals surface area contributed by atoms with Gasteiger partial charge in [0.1, 0.15) is 6.04 Å². The third-order valence-electron chi connectivity index (χ3n) is 2.84. The number of amides is 3. The molecule has 0 bridgehead atoms. The van der Waals surface area contributed by atoms with Crippen LogP contribution in [0.2, 0.25) is 0 Å². The Hall–Kier alpha value is -1.83. The predicted octanol–water partition coefficient (Wildman–Crippen LogP) is -0.980. The number of hydrogen-bond acceptors (Lipinski definition) is 4. The van der Waals surface area contributed by atoms with Gasteiger partial charge < -0.3 is 26.6 Å². The van der Waals surface area contributed by atoms with Crippen molar-refractivity contribution in [3.8, 4) is 0 Å². The van der Waals surface area contributed by atoms with Crippen molar-refractivity contribution in [3.63, 3.8) is 0 Å². The van der Waals surface area contributed by atoms with Gasteiger partial charge in [0.05, 0.1) is 6.10 Å². The minimum Gasteiger partial charge on any atom is -0.480 e. The number of carbonyl (C=O) groups excluding carboxylic acids is 2. The minimum absolute atomic E-state index is 0.226. The van der Waals surface area contributed by atoms with E-state index in [4.69, 9.17) is 10.8 Å². The smallest absolute Gasteiger partial charge is 0.328 e. The average molecular weight is 275 g/mol. The molecule has 4 atom stereocenters. The first-order valence-electron chi connectivity index (χ1n) is 5.97. The number of aliphatic carboxylic acids is 1. The Labute approximate surface area is 111 Å². The van der Waals surface area contributed by atoms with E-state index in [-0.39, 0.29) is 5.92 Å². The van der Waals surface area contributed by atoms with Gasteiger partial charge in [0.2, 0.25) is 5.91 Å². The zero-order valence-corrected chi connectivity index (χ0v) is 11.2. The molecule has 0 fully saturated rings. The van der Waals surface area contributed by atoms with E-state index in [1.165, 1.54) is 6.92 Å². The van der Waals surface area contributed by atoms with Gasteiger partial charge in [0.15, 0.2) is 6.04 Å². The Morgan fingerprint density at radius 2 is 1.68 bits per heavy atom. The normalized spacial score (nSPS) is 16.8. The minimum atomic E-state index is -1.44. The van der Waals surface area contributed by atoms with Crippen LogP contribution in [0.25, 0.3) is 0 Å². The monoisotopic (exact) mass is 275 g/mol. The molecule has 0 radical (unpaired) electrons. The Morgan fingerprint density at radius 1 is 1.16 bits per heavy atom. The average Bonchev–Trinajstić information content (AvgIpc) is 2.30. The van der Waals surface area contributed by atoms with Gasteiger partial charge >= 0.3 is 12.0 Å². The van der Waals surface area contributed by atoms with Crippen molar-refractivity contribution in [1.82, 2.24) is 10.6 Å². The summed E-state index contributed by atoms with van der Waals surface area (Å²) in [5, 5.41) is 22.6. The molecule has 0 aromatic heterocycles. The summed E-state index contributed by atoms with van der Waals surface area (Å²) in [5.74, 6) is -2.28. The van der Waals surface area contributed by atoms with Gasteiger partial charge in [-0.1, -0.05) is 20.3 Å². The van der Waals surface area contributed by atoms with E-state index in [2.05, 4.69) is 10.6 Å². The first-order valence-corrected chi connectivity index (χ1v) is 5.97. The van der Waals surface area contributed by atoms with Gasteiger partial charge in [-0.25, -0.2) is 9.59 Å². The number of nitrogens with one attached hydrogen (secondary N) is 2. The lowest BCUT2D eigenvalue weighted by Crippen LogP contribution is -2.57. The predicted molar refractivity (Wildman–Crippen MR) is 67.2 cm³/mol. The number of hydrogen-bond donors (Lipinski definition) is 5. The summed E-state index contributed by atoms with van der Waals surface area (Å²) in [7, 11) is 0. The summed E-state index contributed by atoms with van der Waals surface area (Å²) in [6, 6.07) is -3.25. The maximum Gasteiger partial charge on any atom is 0.328 e. The van der Waals surface area contributed by atoms with Crippen LogP contribution >= 0.6 is 0 Å². The molecule has 0 heterocycles. The van der Waals surface area contributed by atoms with E-state index in [1.54, 1.807) is 6.92 Å². The quantitative estimate of drug-likeness (QED) is 0.406.